The summed E-state index contributed by atoms with van der Waals surface area (Å²) in [6.45, 7) is 1.12. The van der Waals surface area contributed by atoms with E-state index in [4.69, 9.17) is 9.94 Å². The van der Waals surface area contributed by atoms with E-state index >= 15 is 0 Å². The van der Waals surface area contributed by atoms with Crippen LogP contribution in [0.2, 0.25) is 0 Å². The zero-order chi connectivity index (χ0) is 15.0. The fourth-order valence-corrected chi connectivity index (χ4v) is 3.15. The number of nitrogens with one attached hydrogen (secondary N) is 1. The Morgan fingerprint density at radius 2 is 2.19 bits per heavy atom. The molecule has 0 aromatic carbocycles. The molecule has 0 bridgehead atoms. The number of piperidine rings is 2. The van der Waals surface area contributed by atoms with Crippen molar-refractivity contribution < 1.29 is 24.3 Å². The Labute approximate surface area is 121 Å². The van der Waals surface area contributed by atoms with Crippen LogP contribution in [0.4, 0.5) is 0 Å². The molecule has 3 aliphatic rings. The van der Waals surface area contributed by atoms with Gasteiger partial charge in [0.1, 0.15) is 0 Å². The molecule has 2 amide bonds. The van der Waals surface area contributed by atoms with E-state index in [2.05, 4.69) is 10.5 Å². The van der Waals surface area contributed by atoms with Crippen LogP contribution in [0.3, 0.4) is 0 Å². The number of hydrogen-bond donors (Lipinski definition) is 2. The van der Waals surface area contributed by atoms with E-state index in [1.807, 2.05) is 0 Å². The van der Waals surface area contributed by atoms with Gasteiger partial charge in [0, 0.05) is 32.0 Å². The number of carbonyl (C=O) groups excluding carboxylic acids is 2. The first-order valence-corrected chi connectivity index (χ1v) is 7.08. The number of aliphatic carboxylic acids is 1. The average Bonchev–Trinajstić information content (AvgIpc) is 2.96. The highest BCUT2D eigenvalue weighted by atomic mass is 16.6. The fraction of sp³-hybridized carbons (Fsp3) is 0.692. The van der Waals surface area contributed by atoms with Crippen molar-refractivity contribution in [2.24, 2.45) is 11.1 Å². The maximum absolute atomic E-state index is 12.4. The molecule has 2 N–H and O–H groups in total. The normalized spacial score (nSPS) is 31.8. The highest BCUT2D eigenvalue weighted by Gasteiger charge is 2.39. The van der Waals surface area contributed by atoms with Crippen LogP contribution in [0.15, 0.2) is 5.16 Å². The lowest BCUT2D eigenvalue weighted by Crippen LogP contribution is -2.56. The van der Waals surface area contributed by atoms with E-state index in [9.17, 15) is 14.4 Å². The number of oxime groups is 1. The molecule has 0 aliphatic carbocycles. The minimum absolute atomic E-state index is 0.00942. The zero-order valence-electron chi connectivity index (χ0n) is 11.4. The summed E-state index contributed by atoms with van der Waals surface area (Å²) in [5.74, 6) is -1.03. The van der Waals surface area contributed by atoms with Crippen LogP contribution in [-0.2, 0) is 19.2 Å². The fourth-order valence-electron chi connectivity index (χ4n) is 3.15. The van der Waals surface area contributed by atoms with Crippen LogP contribution in [0.25, 0.3) is 0 Å². The number of carbonyl (C=O) groups is 3. The Morgan fingerprint density at radius 3 is 2.90 bits per heavy atom. The van der Waals surface area contributed by atoms with E-state index < -0.39 is 12.1 Å². The number of likely N-dealkylation sites (tertiary alicyclic amines) is 1. The van der Waals surface area contributed by atoms with Crippen molar-refractivity contribution in [3.05, 3.63) is 0 Å². The summed E-state index contributed by atoms with van der Waals surface area (Å²) < 4.78 is 0. The molecule has 3 atom stereocenters. The Kier molecular flexibility index (Phi) is 3.52. The molecule has 0 radical (unpaired) electrons. The molecular formula is C13H17N3O5. The molecule has 3 unspecified atom stereocenters. The first-order chi connectivity index (χ1) is 10.0. The van der Waals surface area contributed by atoms with Crippen molar-refractivity contribution >= 4 is 23.5 Å². The zero-order valence-corrected chi connectivity index (χ0v) is 11.4. The van der Waals surface area contributed by atoms with E-state index in [1.165, 1.54) is 0 Å². The lowest BCUT2D eigenvalue weighted by Gasteiger charge is -2.41. The summed E-state index contributed by atoms with van der Waals surface area (Å²) in [7, 11) is 0. The largest absolute Gasteiger partial charge is 0.477 e. The van der Waals surface area contributed by atoms with E-state index in [0.29, 0.717) is 19.5 Å². The molecule has 3 heterocycles. The van der Waals surface area contributed by atoms with Gasteiger partial charge in [-0.1, -0.05) is 5.16 Å². The summed E-state index contributed by atoms with van der Waals surface area (Å²) in [6, 6.07) is 0.144. The van der Waals surface area contributed by atoms with Crippen molar-refractivity contribution in [3.63, 3.8) is 0 Å². The van der Waals surface area contributed by atoms with Crippen LogP contribution in [0.1, 0.15) is 25.7 Å². The summed E-state index contributed by atoms with van der Waals surface area (Å²) in [4.78, 5) is 41.1. The molecule has 3 aliphatic heterocycles. The highest BCUT2D eigenvalue weighted by molar-refractivity contribution is 6.36. The van der Waals surface area contributed by atoms with Crippen molar-refractivity contribution in [2.75, 3.05) is 13.1 Å². The summed E-state index contributed by atoms with van der Waals surface area (Å²) in [5, 5.41) is 15.2. The molecule has 114 valence electrons. The van der Waals surface area contributed by atoms with Crippen LogP contribution in [0, 0.1) is 5.92 Å². The van der Waals surface area contributed by atoms with Gasteiger partial charge in [-0.15, -0.1) is 0 Å². The number of nitrogens with zero attached hydrogens (tertiary/aromatic N) is 2. The third-order valence-corrected chi connectivity index (χ3v) is 4.33. The minimum atomic E-state index is -1.15. The van der Waals surface area contributed by atoms with Crippen molar-refractivity contribution in [3.8, 4) is 0 Å². The van der Waals surface area contributed by atoms with Gasteiger partial charge in [-0.2, -0.15) is 0 Å². The Hall–Kier alpha value is -2.12. The number of carboxylic acid groups (broad SMARTS) is 1. The molecule has 0 aromatic rings. The molecule has 8 nitrogen and oxygen atoms in total. The van der Waals surface area contributed by atoms with Gasteiger partial charge < -0.3 is 20.2 Å². The Bertz CT molecular complexity index is 518. The quantitative estimate of drug-likeness (QED) is 0.703. The van der Waals surface area contributed by atoms with Crippen LogP contribution in [-0.4, -0.2) is 58.7 Å². The smallest absolute Gasteiger partial charge is 0.353 e. The van der Waals surface area contributed by atoms with Gasteiger partial charge in [-0.3, -0.25) is 9.59 Å². The lowest BCUT2D eigenvalue weighted by atomic mass is 9.85. The Morgan fingerprint density at radius 1 is 1.38 bits per heavy atom. The molecule has 2 saturated heterocycles. The molecule has 0 saturated carbocycles. The van der Waals surface area contributed by atoms with E-state index in [0.717, 1.165) is 12.8 Å². The molecule has 2 fully saturated rings. The maximum atomic E-state index is 12.4. The second-order valence-corrected chi connectivity index (χ2v) is 5.69. The standard InChI is InChI=1S/C13H17N3O5/c17-11-2-1-7-6-16(4-3-8(7)14-11)12(18)10-5-9(13(19)20)15-21-10/h7-8,10H,1-6H2,(H,14,17)(H,19,20). The van der Waals surface area contributed by atoms with E-state index in [1.54, 1.807) is 4.90 Å². The van der Waals surface area contributed by atoms with Crippen LogP contribution in [0.5, 0.6) is 0 Å². The minimum Gasteiger partial charge on any atom is -0.477 e. The predicted molar refractivity (Wildman–Crippen MR) is 70.4 cm³/mol. The molecular weight excluding hydrogens is 278 g/mol. The maximum Gasteiger partial charge on any atom is 0.353 e. The molecule has 3 rings (SSSR count). The van der Waals surface area contributed by atoms with Crippen molar-refractivity contribution in [1.82, 2.24) is 10.2 Å². The van der Waals surface area contributed by atoms with Crippen molar-refractivity contribution in [2.45, 2.75) is 37.8 Å². The SMILES string of the molecule is O=C1CCC2CN(C(=O)C3CC(C(=O)O)=NO3)CCC2N1. The molecule has 8 heteroatoms. The van der Waals surface area contributed by atoms with Crippen molar-refractivity contribution in [1.29, 1.82) is 0 Å². The summed E-state index contributed by atoms with van der Waals surface area (Å²) >= 11 is 0. The van der Waals surface area contributed by atoms with Gasteiger partial charge in [0.25, 0.3) is 5.91 Å². The lowest BCUT2D eigenvalue weighted by molar-refractivity contribution is -0.145. The van der Waals surface area contributed by atoms with Gasteiger partial charge >= 0.3 is 5.97 Å². The third kappa shape index (κ3) is 2.70. The third-order valence-electron chi connectivity index (χ3n) is 4.33. The summed E-state index contributed by atoms with van der Waals surface area (Å²) in [5.41, 5.74) is -0.117. The highest BCUT2D eigenvalue weighted by Crippen LogP contribution is 2.26. The predicted octanol–water partition coefficient (Wildman–Crippen LogP) is -0.657. The number of rotatable bonds is 2. The Balaban J connectivity index is 1.58. The average molecular weight is 295 g/mol. The molecule has 21 heavy (non-hydrogen) atoms. The molecule has 0 aromatic heterocycles. The number of amides is 2. The number of hydrogen-bond acceptors (Lipinski definition) is 5. The first kappa shape index (κ1) is 13.8. The van der Waals surface area contributed by atoms with Gasteiger partial charge in [0.05, 0.1) is 0 Å². The monoisotopic (exact) mass is 295 g/mol. The second-order valence-electron chi connectivity index (χ2n) is 5.69. The second kappa shape index (κ2) is 5.34. The van der Waals surface area contributed by atoms with Gasteiger partial charge in [-0.05, 0) is 18.8 Å². The van der Waals surface area contributed by atoms with E-state index in [-0.39, 0.29) is 35.9 Å². The first-order valence-electron chi connectivity index (χ1n) is 7.08. The topological polar surface area (TPSA) is 108 Å². The number of carboxylic acids is 1. The molecule has 0 spiro atoms. The summed E-state index contributed by atoms with van der Waals surface area (Å²) in [6.07, 6.45) is 1.18. The van der Waals surface area contributed by atoms with Crippen LogP contribution >= 0.6 is 0 Å². The van der Waals surface area contributed by atoms with Gasteiger partial charge in [-0.25, -0.2) is 4.79 Å². The van der Waals surface area contributed by atoms with Gasteiger partial charge in [0.2, 0.25) is 12.0 Å². The van der Waals surface area contributed by atoms with Crippen LogP contribution < -0.4 is 5.32 Å². The van der Waals surface area contributed by atoms with Gasteiger partial charge in [0.15, 0.2) is 5.71 Å². The number of fused-ring (bicyclic) bond motifs is 1.